The smallest absolute Gasteiger partial charge is 0.329 e. The first-order chi connectivity index (χ1) is 5.48. The van der Waals surface area contributed by atoms with E-state index in [4.69, 9.17) is 5.11 Å². The highest BCUT2D eigenvalue weighted by molar-refractivity contribution is 7.89. The van der Waals surface area contributed by atoms with Gasteiger partial charge in [0.1, 0.15) is 0 Å². The maximum atomic E-state index is 10.7. The van der Waals surface area contributed by atoms with Gasteiger partial charge in [-0.25, -0.2) is 4.79 Å². The lowest BCUT2D eigenvalue weighted by molar-refractivity contribution is -0.131. The van der Waals surface area contributed by atoms with Gasteiger partial charge >= 0.3 is 5.97 Å². The molecule has 12 heavy (non-hydrogen) atoms. The number of carboxylic acid groups (broad SMARTS) is 1. The van der Waals surface area contributed by atoms with Gasteiger partial charge in [-0.15, -0.1) is 0 Å². The maximum Gasteiger partial charge on any atom is 0.329 e. The first kappa shape index (κ1) is 11.1. The Balaban J connectivity index is 4.14. The van der Waals surface area contributed by atoms with Crippen molar-refractivity contribution in [3.05, 3.63) is 11.5 Å². The Morgan fingerprint density at radius 3 is 2.58 bits per heavy atom. The average molecular weight is 194 g/mol. The van der Waals surface area contributed by atoms with E-state index in [9.17, 15) is 13.2 Å². The van der Waals surface area contributed by atoms with Crippen molar-refractivity contribution in [1.82, 2.24) is 0 Å². The zero-order valence-electron chi connectivity index (χ0n) is 6.56. The molecule has 0 fully saturated rings. The number of carboxylic acids is 1. The quantitative estimate of drug-likeness (QED) is 0.504. The summed E-state index contributed by atoms with van der Waals surface area (Å²) in [5.41, 5.74) is 0. The molecule has 5 nitrogen and oxygen atoms in total. The van der Waals surface area contributed by atoms with Crippen LogP contribution in [-0.4, -0.2) is 26.1 Å². The van der Waals surface area contributed by atoms with Crippen LogP contribution in [0, 0.1) is 0 Å². The second kappa shape index (κ2) is 4.89. The molecule has 70 valence electrons. The molecule has 0 atom stereocenters. The fourth-order valence-electron chi connectivity index (χ4n) is 0.380. The molecule has 0 aromatic carbocycles. The third kappa shape index (κ3) is 5.87. The summed E-state index contributed by atoms with van der Waals surface area (Å²) in [6, 6.07) is 0. The topological polar surface area (TPSA) is 80.7 Å². The molecule has 0 aliphatic rings. The predicted molar refractivity (Wildman–Crippen MR) is 41.9 cm³/mol. The Morgan fingerprint density at radius 2 is 2.17 bits per heavy atom. The third-order valence-electron chi connectivity index (χ3n) is 0.829. The van der Waals surface area contributed by atoms with Crippen molar-refractivity contribution < 1.29 is 22.5 Å². The van der Waals surface area contributed by atoms with Crippen LogP contribution in [0.5, 0.6) is 0 Å². The van der Waals surface area contributed by atoms with Crippen LogP contribution in [-0.2, 0) is 19.1 Å². The molecule has 0 bridgehead atoms. The molecular weight excluding hydrogens is 184 g/mol. The third-order valence-corrected chi connectivity index (χ3v) is 1.79. The van der Waals surface area contributed by atoms with Crippen molar-refractivity contribution in [2.24, 2.45) is 0 Å². The summed E-state index contributed by atoms with van der Waals surface area (Å²) >= 11 is 0. The van der Waals surface area contributed by atoms with Gasteiger partial charge in [-0.1, -0.05) is 6.92 Å². The van der Waals surface area contributed by atoms with E-state index in [2.05, 4.69) is 4.18 Å². The summed E-state index contributed by atoms with van der Waals surface area (Å²) < 4.78 is 25.8. The van der Waals surface area contributed by atoms with E-state index >= 15 is 0 Å². The Hall–Kier alpha value is -0.880. The monoisotopic (exact) mass is 194 g/mol. The molecule has 0 aliphatic heterocycles. The van der Waals surface area contributed by atoms with Gasteiger partial charge < -0.3 is 5.11 Å². The fourth-order valence-corrected chi connectivity index (χ4v) is 1.14. The number of carbonyl (C=O) groups is 1. The largest absolute Gasteiger partial charge is 0.478 e. The number of hydrogen-bond acceptors (Lipinski definition) is 4. The molecule has 0 saturated carbocycles. The first-order valence-electron chi connectivity index (χ1n) is 3.28. The summed E-state index contributed by atoms with van der Waals surface area (Å²) in [7, 11) is -3.80. The van der Waals surface area contributed by atoms with Gasteiger partial charge in [0.25, 0.3) is 10.1 Å². The minimum atomic E-state index is -3.80. The first-order valence-corrected chi connectivity index (χ1v) is 4.75. The molecule has 0 amide bonds. The average Bonchev–Trinajstić information content (AvgIpc) is 1.98. The van der Waals surface area contributed by atoms with Crippen LogP contribution in [0.15, 0.2) is 11.5 Å². The standard InChI is InChI=1S/C6H10O5S/c1-2-4-11-12(9,10)5-3-6(7)8/h3,5H,2,4H2,1H3,(H,7,8). The lowest BCUT2D eigenvalue weighted by Crippen LogP contribution is -2.03. The van der Waals surface area contributed by atoms with Crippen molar-refractivity contribution in [2.45, 2.75) is 13.3 Å². The molecule has 0 saturated heterocycles. The van der Waals surface area contributed by atoms with Crippen LogP contribution in [0.4, 0.5) is 0 Å². The molecule has 0 aromatic heterocycles. The van der Waals surface area contributed by atoms with Crippen LogP contribution in [0.2, 0.25) is 0 Å². The number of hydrogen-bond donors (Lipinski definition) is 1. The highest BCUT2D eigenvalue weighted by Gasteiger charge is 2.04. The van der Waals surface area contributed by atoms with Crippen LogP contribution in [0.1, 0.15) is 13.3 Å². The fraction of sp³-hybridized carbons (Fsp3) is 0.500. The van der Waals surface area contributed by atoms with Crippen LogP contribution in [0.3, 0.4) is 0 Å². The van der Waals surface area contributed by atoms with E-state index in [1.165, 1.54) is 0 Å². The molecule has 0 radical (unpaired) electrons. The Kier molecular flexibility index (Phi) is 4.53. The summed E-state index contributed by atoms with van der Waals surface area (Å²) in [6.07, 6.45) is 1.07. The van der Waals surface area contributed by atoms with Gasteiger partial charge in [-0.05, 0) is 6.42 Å². The van der Waals surface area contributed by atoms with E-state index in [0.29, 0.717) is 17.9 Å². The highest BCUT2D eigenvalue weighted by atomic mass is 32.2. The van der Waals surface area contributed by atoms with E-state index in [1.54, 1.807) is 6.92 Å². The predicted octanol–water partition coefficient (Wildman–Crippen LogP) is 0.341. The van der Waals surface area contributed by atoms with Gasteiger partial charge in [0.05, 0.1) is 12.0 Å². The van der Waals surface area contributed by atoms with E-state index < -0.39 is 16.1 Å². The summed E-state index contributed by atoms with van der Waals surface area (Å²) in [5.74, 6) is -1.32. The van der Waals surface area contributed by atoms with Crippen molar-refractivity contribution in [3.8, 4) is 0 Å². The molecule has 0 unspecified atom stereocenters. The zero-order valence-corrected chi connectivity index (χ0v) is 7.37. The summed E-state index contributed by atoms with van der Waals surface area (Å²) in [6.45, 7) is 1.81. The molecule has 6 heteroatoms. The Bertz CT molecular complexity index is 264. The summed E-state index contributed by atoms with van der Waals surface area (Å²) in [4.78, 5) is 9.91. The van der Waals surface area contributed by atoms with Crippen LogP contribution < -0.4 is 0 Å². The minimum Gasteiger partial charge on any atom is -0.478 e. The van der Waals surface area contributed by atoms with E-state index in [1.807, 2.05) is 0 Å². The molecule has 0 aromatic rings. The maximum absolute atomic E-state index is 10.7. The Labute approximate surface area is 70.8 Å². The van der Waals surface area contributed by atoms with Crippen LogP contribution in [0.25, 0.3) is 0 Å². The van der Waals surface area contributed by atoms with Gasteiger partial charge in [0.2, 0.25) is 0 Å². The Morgan fingerprint density at radius 1 is 1.58 bits per heavy atom. The lowest BCUT2D eigenvalue weighted by atomic mass is 10.5. The number of rotatable bonds is 5. The van der Waals surface area contributed by atoms with Gasteiger partial charge in [-0.3, -0.25) is 4.18 Å². The zero-order chi connectivity index (χ0) is 9.61. The van der Waals surface area contributed by atoms with E-state index in [-0.39, 0.29) is 6.61 Å². The molecule has 0 spiro atoms. The van der Waals surface area contributed by atoms with Crippen molar-refractivity contribution in [3.63, 3.8) is 0 Å². The molecule has 0 aliphatic carbocycles. The molecule has 1 N–H and O–H groups in total. The van der Waals surface area contributed by atoms with Crippen molar-refractivity contribution >= 4 is 16.1 Å². The SMILES string of the molecule is CCCOS(=O)(=O)C=CC(=O)O. The van der Waals surface area contributed by atoms with E-state index in [0.717, 1.165) is 0 Å². The highest BCUT2D eigenvalue weighted by Crippen LogP contribution is 1.96. The molecule has 0 heterocycles. The second-order valence-corrected chi connectivity index (χ2v) is 3.45. The summed E-state index contributed by atoms with van der Waals surface area (Å²) in [5, 5.41) is 8.61. The van der Waals surface area contributed by atoms with Gasteiger partial charge in [0, 0.05) is 6.08 Å². The lowest BCUT2D eigenvalue weighted by Gasteiger charge is -1.96. The molecular formula is C6H10O5S. The van der Waals surface area contributed by atoms with Gasteiger partial charge in [-0.2, -0.15) is 8.42 Å². The van der Waals surface area contributed by atoms with Crippen molar-refractivity contribution in [1.29, 1.82) is 0 Å². The normalized spacial score (nSPS) is 12.1. The second-order valence-electron chi connectivity index (χ2n) is 1.96. The van der Waals surface area contributed by atoms with Gasteiger partial charge in [0.15, 0.2) is 0 Å². The molecule has 0 rings (SSSR count). The van der Waals surface area contributed by atoms with Crippen LogP contribution >= 0.6 is 0 Å². The minimum absolute atomic E-state index is 0.0618. The number of aliphatic carboxylic acids is 1. The van der Waals surface area contributed by atoms with Crippen molar-refractivity contribution in [2.75, 3.05) is 6.61 Å².